The highest BCUT2D eigenvalue weighted by Crippen LogP contribution is 2.15. The molecule has 2 rings (SSSR count). The van der Waals surface area contributed by atoms with Gasteiger partial charge in [-0.2, -0.15) is 0 Å². The summed E-state index contributed by atoms with van der Waals surface area (Å²) in [5.41, 5.74) is 1.52. The molecule has 2 aromatic rings. The first-order valence-corrected chi connectivity index (χ1v) is 7.82. The highest BCUT2D eigenvalue weighted by Gasteiger charge is 2.18. The average molecular weight is 318 g/mol. The third-order valence-corrected chi connectivity index (χ3v) is 4.00. The Morgan fingerprint density at radius 2 is 2.09 bits per heavy atom. The van der Waals surface area contributed by atoms with Crippen LogP contribution >= 0.6 is 11.3 Å². The first-order chi connectivity index (χ1) is 10.5. The minimum Gasteiger partial charge on any atom is -0.341 e. The van der Waals surface area contributed by atoms with E-state index < -0.39 is 6.04 Å². The van der Waals surface area contributed by atoms with E-state index in [0.717, 1.165) is 17.0 Å². The van der Waals surface area contributed by atoms with Gasteiger partial charge in [-0.05, 0) is 32.4 Å². The van der Waals surface area contributed by atoms with Crippen LogP contribution in [-0.4, -0.2) is 28.1 Å². The molecule has 0 aliphatic heterocycles. The SMILES string of the molecule is CCc1nnc(NC(=O)C(C)NC(=O)c2cccc(C)c2)s1. The highest BCUT2D eigenvalue weighted by molar-refractivity contribution is 7.15. The van der Waals surface area contributed by atoms with Crippen LogP contribution in [0.25, 0.3) is 0 Å². The number of carbonyl (C=O) groups excluding carboxylic acids is 2. The normalized spacial score (nSPS) is 11.8. The second-order valence-corrected chi connectivity index (χ2v) is 5.97. The minimum atomic E-state index is -0.665. The van der Waals surface area contributed by atoms with E-state index in [-0.39, 0.29) is 11.8 Å². The van der Waals surface area contributed by atoms with Gasteiger partial charge in [0.2, 0.25) is 11.0 Å². The molecule has 1 heterocycles. The van der Waals surface area contributed by atoms with Crippen LogP contribution in [0.5, 0.6) is 0 Å². The standard InChI is InChI=1S/C15H18N4O2S/c1-4-12-18-19-15(22-12)17-13(20)10(3)16-14(21)11-7-5-6-9(2)8-11/h5-8,10H,4H2,1-3H3,(H,16,21)(H,17,19,20). The molecule has 1 aromatic carbocycles. The van der Waals surface area contributed by atoms with Gasteiger partial charge in [0.15, 0.2) is 0 Å². The van der Waals surface area contributed by atoms with Crippen LogP contribution in [0.15, 0.2) is 24.3 Å². The monoisotopic (exact) mass is 318 g/mol. The van der Waals surface area contributed by atoms with E-state index in [1.165, 1.54) is 11.3 Å². The Morgan fingerprint density at radius 1 is 1.32 bits per heavy atom. The Morgan fingerprint density at radius 3 is 2.73 bits per heavy atom. The van der Waals surface area contributed by atoms with Gasteiger partial charge in [0.25, 0.3) is 5.91 Å². The number of benzene rings is 1. The zero-order chi connectivity index (χ0) is 16.1. The van der Waals surface area contributed by atoms with Gasteiger partial charge in [-0.25, -0.2) is 0 Å². The lowest BCUT2D eigenvalue weighted by Gasteiger charge is -2.13. The first kappa shape index (κ1) is 16.1. The van der Waals surface area contributed by atoms with Crippen molar-refractivity contribution in [3.8, 4) is 0 Å². The summed E-state index contributed by atoms with van der Waals surface area (Å²) in [6.07, 6.45) is 0.771. The molecule has 7 heteroatoms. The molecule has 0 saturated heterocycles. The molecule has 6 nitrogen and oxygen atoms in total. The molecular formula is C15H18N4O2S. The number of anilines is 1. The highest BCUT2D eigenvalue weighted by atomic mass is 32.1. The van der Waals surface area contributed by atoms with Gasteiger partial charge < -0.3 is 5.32 Å². The quantitative estimate of drug-likeness (QED) is 0.885. The molecule has 1 atom stereocenters. The molecule has 22 heavy (non-hydrogen) atoms. The van der Waals surface area contributed by atoms with Crippen LogP contribution in [0.4, 0.5) is 5.13 Å². The third kappa shape index (κ3) is 4.11. The Bertz CT molecular complexity index is 684. The molecule has 2 amide bonds. The summed E-state index contributed by atoms with van der Waals surface area (Å²) < 4.78 is 0. The Labute approximate surface area is 133 Å². The molecule has 0 fully saturated rings. The van der Waals surface area contributed by atoms with Crippen LogP contribution in [0.3, 0.4) is 0 Å². The summed E-state index contributed by atoms with van der Waals surface area (Å²) in [4.78, 5) is 24.2. The number of amides is 2. The Hall–Kier alpha value is -2.28. The maximum atomic E-state index is 12.1. The van der Waals surface area contributed by atoms with Crippen molar-refractivity contribution in [2.45, 2.75) is 33.2 Å². The van der Waals surface area contributed by atoms with Gasteiger partial charge in [-0.3, -0.25) is 14.9 Å². The number of nitrogens with zero attached hydrogens (tertiary/aromatic N) is 2. The van der Waals surface area contributed by atoms with Crippen molar-refractivity contribution in [3.63, 3.8) is 0 Å². The molecule has 0 aliphatic rings. The third-order valence-electron chi connectivity index (χ3n) is 3.02. The van der Waals surface area contributed by atoms with Crippen molar-refractivity contribution in [1.29, 1.82) is 0 Å². The van der Waals surface area contributed by atoms with E-state index in [1.54, 1.807) is 19.1 Å². The first-order valence-electron chi connectivity index (χ1n) is 7.00. The van der Waals surface area contributed by atoms with Crippen LogP contribution in [0, 0.1) is 6.92 Å². The molecule has 0 radical (unpaired) electrons. The van der Waals surface area contributed by atoms with Gasteiger partial charge in [0.1, 0.15) is 11.0 Å². The Balaban J connectivity index is 1.94. The molecular weight excluding hydrogens is 300 g/mol. The lowest BCUT2D eigenvalue weighted by molar-refractivity contribution is -0.117. The Kier molecular flexibility index (Phi) is 5.21. The van der Waals surface area contributed by atoms with E-state index in [9.17, 15) is 9.59 Å². The molecule has 0 saturated carbocycles. The summed E-state index contributed by atoms with van der Waals surface area (Å²) in [6.45, 7) is 5.51. The van der Waals surface area contributed by atoms with Crippen molar-refractivity contribution >= 4 is 28.3 Å². The summed E-state index contributed by atoms with van der Waals surface area (Å²) in [5.74, 6) is -0.599. The number of aryl methyl sites for hydroxylation is 2. The number of rotatable bonds is 5. The molecule has 0 bridgehead atoms. The zero-order valence-corrected chi connectivity index (χ0v) is 13.5. The number of hydrogen-bond acceptors (Lipinski definition) is 5. The number of nitrogens with one attached hydrogen (secondary N) is 2. The van der Waals surface area contributed by atoms with E-state index in [4.69, 9.17) is 0 Å². The van der Waals surface area contributed by atoms with Crippen molar-refractivity contribution < 1.29 is 9.59 Å². The predicted molar refractivity (Wildman–Crippen MR) is 86.0 cm³/mol. The lowest BCUT2D eigenvalue weighted by atomic mass is 10.1. The molecule has 0 aliphatic carbocycles. The van der Waals surface area contributed by atoms with Crippen molar-refractivity contribution in [2.24, 2.45) is 0 Å². The average Bonchev–Trinajstić information content (AvgIpc) is 2.94. The zero-order valence-electron chi connectivity index (χ0n) is 12.7. The van der Waals surface area contributed by atoms with E-state index >= 15 is 0 Å². The number of carbonyl (C=O) groups is 2. The van der Waals surface area contributed by atoms with Gasteiger partial charge >= 0.3 is 0 Å². The summed E-state index contributed by atoms with van der Waals surface area (Å²) >= 11 is 1.33. The smallest absolute Gasteiger partial charge is 0.251 e. The largest absolute Gasteiger partial charge is 0.341 e. The minimum absolute atomic E-state index is 0.280. The van der Waals surface area contributed by atoms with E-state index in [2.05, 4.69) is 20.8 Å². The van der Waals surface area contributed by atoms with Crippen LogP contribution < -0.4 is 10.6 Å². The van der Waals surface area contributed by atoms with Crippen molar-refractivity contribution in [3.05, 3.63) is 40.4 Å². The fourth-order valence-corrected chi connectivity index (χ4v) is 2.47. The summed E-state index contributed by atoms with van der Waals surface area (Å²) in [7, 11) is 0. The fraction of sp³-hybridized carbons (Fsp3) is 0.333. The van der Waals surface area contributed by atoms with Gasteiger partial charge in [-0.1, -0.05) is 36.0 Å². The van der Waals surface area contributed by atoms with Crippen LogP contribution in [-0.2, 0) is 11.2 Å². The van der Waals surface area contributed by atoms with Gasteiger partial charge in [-0.15, -0.1) is 10.2 Å². The number of hydrogen-bond donors (Lipinski definition) is 2. The maximum Gasteiger partial charge on any atom is 0.251 e. The second kappa shape index (κ2) is 7.13. The second-order valence-electron chi connectivity index (χ2n) is 4.91. The van der Waals surface area contributed by atoms with E-state index in [0.29, 0.717) is 10.7 Å². The number of aromatic nitrogens is 2. The van der Waals surface area contributed by atoms with Gasteiger partial charge in [0.05, 0.1) is 0 Å². The lowest BCUT2D eigenvalue weighted by Crippen LogP contribution is -2.41. The van der Waals surface area contributed by atoms with Crippen LogP contribution in [0.1, 0.15) is 34.8 Å². The molecule has 116 valence electrons. The molecule has 0 spiro atoms. The van der Waals surface area contributed by atoms with Crippen molar-refractivity contribution in [2.75, 3.05) is 5.32 Å². The molecule has 2 N–H and O–H groups in total. The topological polar surface area (TPSA) is 84.0 Å². The van der Waals surface area contributed by atoms with Crippen molar-refractivity contribution in [1.82, 2.24) is 15.5 Å². The predicted octanol–water partition coefficient (Wildman–Crippen LogP) is 2.17. The van der Waals surface area contributed by atoms with Crippen LogP contribution in [0.2, 0.25) is 0 Å². The van der Waals surface area contributed by atoms with E-state index in [1.807, 2.05) is 26.0 Å². The summed E-state index contributed by atoms with van der Waals surface area (Å²) in [6, 6.07) is 6.54. The maximum absolute atomic E-state index is 12.1. The fourth-order valence-electron chi connectivity index (χ4n) is 1.79. The molecule has 1 aromatic heterocycles. The van der Waals surface area contributed by atoms with Gasteiger partial charge in [0, 0.05) is 5.56 Å². The summed E-state index contributed by atoms with van der Waals surface area (Å²) in [5, 5.41) is 14.4. The molecule has 1 unspecified atom stereocenters.